The summed E-state index contributed by atoms with van der Waals surface area (Å²) in [5.74, 6) is 0. The number of rotatable bonds is 6. The van der Waals surface area contributed by atoms with Crippen LogP contribution in [0.1, 0.15) is 31.7 Å². The second-order valence-electron chi connectivity index (χ2n) is 3.48. The summed E-state index contributed by atoms with van der Waals surface area (Å²) in [6.45, 7) is 4.18. The van der Waals surface area contributed by atoms with E-state index in [1.54, 1.807) is 0 Å². The highest BCUT2D eigenvalue weighted by atomic mass is 35.5. The van der Waals surface area contributed by atoms with Crippen LogP contribution in [-0.4, -0.2) is 6.54 Å². The lowest BCUT2D eigenvalue weighted by molar-refractivity contribution is 0.617. The van der Waals surface area contributed by atoms with Crippen LogP contribution >= 0.6 is 11.6 Å². The third kappa shape index (κ3) is 4.12. The van der Waals surface area contributed by atoms with Crippen LogP contribution in [0.4, 0.5) is 0 Å². The molecule has 1 aromatic rings. The third-order valence-corrected chi connectivity index (χ3v) is 2.60. The minimum atomic E-state index is 0.857. The molecule has 2 heteroatoms. The predicted molar refractivity (Wildman–Crippen MR) is 62.7 cm³/mol. The van der Waals surface area contributed by atoms with Gasteiger partial charge in [0.15, 0.2) is 0 Å². The van der Waals surface area contributed by atoms with Crippen molar-refractivity contribution in [2.45, 2.75) is 32.7 Å². The Bertz CT molecular complexity index is 260. The standard InChI is InChI=1S/C12H18ClN/c1-2-3-6-9-14-10-11-7-4-5-8-12(11)13/h4-5,7-8,14H,2-3,6,9-10H2,1H3. The molecule has 0 unspecified atom stereocenters. The number of halogens is 1. The average Bonchev–Trinajstić information content (AvgIpc) is 2.20. The van der Waals surface area contributed by atoms with Crippen LogP contribution in [0.5, 0.6) is 0 Å². The van der Waals surface area contributed by atoms with Gasteiger partial charge in [-0.2, -0.15) is 0 Å². The summed E-state index contributed by atoms with van der Waals surface area (Å²) in [7, 11) is 0. The highest BCUT2D eigenvalue weighted by Gasteiger charge is 1.96. The van der Waals surface area contributed by atoms with Gasteiger partial charge in [0.1, 0.15) is 0 Å². The molecule has 0 aromatic heterocycles. The average molecular weight is 212 g/mol. The summed E-state index contributed by atoms with van der Waals surface area (Å²) in [5.41, 5.74) is 1.19. The van der Waals surface area contributed by atoms with Crippen molar-refractivity contribution >= 4 is 11.6 Å². The summed E-state index contributed by atoms with van der Waals surface area (Å²) in [6.07, 6.45) is 3.82. The Balaban J connectivity index is 2.21. The minimum absolute atomic E-state index is 0.857. The van der Waals surface area contributed by atoms with Crippen molar-refractivity contribution in [3.05, 3.63) is 34.9 Å². The normalized spacial score (nSPS) is 10.4. The first-order valence-electron chi connectivity index (χ1n) is 5.28. The minimum Gasteiger partial charge on any atom is -0.313 e. The molecule has 0 heterocycles. The molecule has 1 rings (SSSR count). The van der Waals surface area contributed by atoms with Crippen molar-refractivity contribution in [3.8, 4) is 0 Å². The SMILES string of the molecule is CCCCCNCc1ccccc1Cl. The molecule has 0 spiro atoms. The molecule has 1 aromatic carbocycles. The molecule has 0 aliphatic heterocycles. The first kappa shape index (κ1) is 11.5. The van der Waals surface area contributed by atoms with Gasteiger partial charge in [-0.25, -0.2) is 0 Å². The predicted octanol–water partition coefficient (Wildman–Crippen LogP) is 3.62. The van der Waals surface area contributed by atoms with E-state index in [9.17, 15) is 0 Å². The van der Waals surface area contributed by atoms with Gasteiger partial charge in [-0.05, 0) is 24.6 Å². The summed E-state index contributed by atoms with van der Waals surface area (Å²) in [6, 6.07) is 7.98. The van der Waals surface area contributed by atoms with Gasteiger partial charge in [0.2, 0.25) is 0 Å². The summed E-state index contributed by atoms with van der Waals surface area (Å²) in [5, 5.41) is 4.25. The number of hydrogen-bond donors (Lipinski definition) is 1. The van der Waals surface area contributed by atoms with E-state index in [4.69, 9.17) is 11.6 Å². The molecule has 1 N–H and O–H groups in total. The maximum atomic E-state index is 6.02. The fraction of sp³-hybridized carbons (Fsp3) is 0.500. The number of benzene rings is 1. The zero-order chi connectivity index (χ0) is 10.2. The van der Waals surface area contributed by atoms with Crippen LogP contribution in [0.15, 0.2) is 24.3 Å². The van der Waals surface area contributed by atoms with Gasteiger partial charge >= 0.3 is 0 Å². The number of unbranched alkanes of at least 4 members (excludes halogenated alkanes) is 2. The molecular weight excluding hydrogens is 194 g/mol. The zero-order valence-corrected chi connectivity index (χ0v) is 9.48. The molecule has 0 amide bonds. The van der Waals surface area contributed by atoms with Crippen LogP contribution in [0.2, 0.25) is 5.02 Å². The molecule has 0 aliphatic carbocycles. The van der Waals surface area contributed by atoms with E-state index in [0.717, 1.165) is 18.1 Å². The Labute approximate surface area is 91.5 Å². The largest absolute Gasteiger partial charge is 0.313 e. The van der Waals surface area contributed by atoms with Crippen LogP contribution in [0, 0.1) is 0 Å². The number of nitrogens with one attached hydrogen (secondary N) is 1. The fourth-order valence-electron chi connectivity index (χ4n) is 1.36. The van der Waals surface area contributed by atoms with Gasteiger partial charge in [0, 0.05) is 11.6 Å². The van der Waals surface area contributed by atoms with Crippen LogP contribution in [0.25, 0.3) is 0 Å². The Kier molecular flexibility index (Phi) is 5.65. The van der Waals surface area contributed by atoms with E-state index in [1.807, 2.05) is 18.2 Å². The molecule has 0 saturated heterocycles. The van der Waals surface area contributed by atoms with Gasteiger partial charge in [-0.15, -0.1) is 0 Å². The van der Waals surface area contributed by atoms with Crippen molar-refractivity contribution < 1.29 is 0 Å². The topological polar surface area (TPSA) is 12.0 Å². The molecule has 0 bridgehead atoms. The second-order valence-corrected chi connectivity index (χ2v) is 3.88. The molecule has 0 radical (unpaired) electrons. The smallest absolute Gasteiger partial charge is 0.0450 e. The summed E-state index contributed by atoms with van der Waals surface area (Å²) >= 11 is 6.02. The molecule has 0 atom stereocenters. The van der Waals surface area contributed by atoms with Crippen LogP contribution in [-0.2, 0) is 6.54 Å². The van der Waals surface area contributed by atoms with E-state index in [-0.39, 0.29) is 0 Å². The van der Waals surface area contributed by atoms with Gasteiger partial charge in [-0.3, -0.25) is 0 Å². The Morgan fingerprint density at radius 1 is 1.21 bits per heavy atom. The van der Waals surface area contributed by atoms with Gasteiger partial charge in [-0.1, -0.05) is 49.6 Å². The quantitative estimate of drug-likeness (QED) is 0.709. The molecular formula is C12H18ClN. The zero-order valence-electron chi connectivity index (χ0n) is 8.72. The lowest BCUT2D eigenvalue weighted by atomic mass is 10.2. The molecule has 0 aliphatic rings. The van der Waals surface area contributed by atoms with Crippen LogP contribution in [0.3, 0.4) is 0 Å². The van der Waals surface area contributed by atoms with Gasteiger partial charge < -0.3 is 5.32 Å². The van der Waals surface area contributed by atoms with E-state index in [2.05, 4.69) is 18.3 Å². The number of hydrogen-bond acceptors (Lipinski definition) is 1. The maximum Gasteiger partial charge on any atom is 0.0450 e. The molecule has 0 saturated carbocycles. The van der Waals surface area contributed by atoms with Crippen molar-refractivity contribution in [3.63, 3.8) is 0 Å². The molecule has 0 fully saturated rings. The van der Waals surface area contributed by atoms with Crippen molar-refractivity contribution in [1.82, 2.24) is 5.32 Å². The molecule has 14 heavy (non-hydrogen) atoms. The van der Waals surface area contributed by atoms with Crippen molar-refractivity contribution in [2.75, 3.05) is 6.54 Å². The Morgan fingerprint density at radius 3 is 2.71 bits per heavy atom. The van der Waals surface area contributed by atoms with E-state index in [1.165, 1.54) is 24.8 Å². The lowest BCUT2D eigenvalue weighted by Gasteiger charge is -2.05. The lowest BCUT2D eigenvalue weighted by Crippen LogP contribution is -2.14. The van der Waals surface area contributed by atoms with E-state index in [0.29, 0.717) is 0 Å². The first-order valence-corrected chi connectivity index (χ1v) is 5.66. The van der Waals surface area contributed by atoms with Crippen molar-refractivity contribution in [1.29, 1.82) is 0 Å². The Morgan fingerprint density at radius 2 is 2.00 bits per heavy atom. The highest BCUT2D eigenvalue weighted by molar-refractivity contribution is 6.31. The summed E-state index contributed by atoms with van der Waals surface area (Å²) in [4.78, 5) is 0. The summed E-state index contributed by atoms with van der Waals surface area (Å²) < 4.78 is 0. The fourth-order valence-corrected chi connectivity index (χ4v) is 1.57. The maximum absolute atomic E-state index is 6.02. The third-order valence-electron chi connectivity index (χ3n) is 2.23. The Hall–Kier alpha value is -0.530. The van der Waals surface area contributed by atoms with Gasteiger partial charge in [0.25, 0.3) is 0 Å². The highest BCUT2D eigenvalue weighted by Crippen LogP contribution is 2.14. The second kappa shape index (κ2) is 6.86. The van der Waals surface area contributed by atoms with E-state index < -0.39 is 0 Å². The van der Waals surface area contributed by atoms with Crippen LogP contribution < -0.4 is 5.32 Å². The first-order chi connectivity index (χ1) is 6.84. The van der Waals surface area contributed by atoms with Crippen molar-refractivity contribution in [2.24, 2.45) is 0 Å². The molecule has 1 nitrogen and oxygen atoms in total. The van der Waals surface area contributed by atoms with E-state index >= 15 is 0 Å². The monoisotopic (exact) mass is 211 g/mol. The molecule has 78 valence electrons. The van der Waals surface area contributed by atoms with Gasteiger partial charge in [0.05, 0.1) is 0 Å².